The van der Waals surface area contributed by atoms with Gasteiger partial charge in [-0.1, -0.05) is 22.6 Å². The van der Waals surface area contributed by atoms with Crippen molar-refractivity contribution in [2.45, 2.75) is 18.9 Å². The molecule has 0 N–H and O–H groups in total. The van der Waals surface area contributed by atoms with Gasteiger partial charge in [-0.05, 0) is 26.4 Å². The zero-order chi connectivity index (χ0) is 7.40. The molecule has 60 valence electrons. The number of alkyl halides is 1. The largest absolute Gasteiger partial charge is 0.369 e. The molecule has 1 rings (SSSR count). The van der Waals surface area contributed by atoms with Crippen molar-refractivity contribution in [1.82, 2.24) is 4.90 Å². The zero-order valence-corrected chi connectivity index (χ0v) is 8.50. The maximum Gasteiger partial charge on any atom is 0.0980 e. The monoisotopic (exact) mass is 255 g/mol. The second kappa shape index (κ2) is 4.51. The molecule has 0 aromatic rings. The fraction of sp³-hybridized carbons (Fsp3) is 1.00. The second-order valence-electron chi connectivity index (χ2n) is 2.76. The highest BCUT2D eigenvalue weighted by atomic mass is 127. The van der Waals surface area contributed by atoms with Gasteiger partial charge in [-0.15, -0.1) is 0 Å². The van der Waals surface area contributed by atoms with Crippen LogP contribution in [0, 0.1) is 0 Å². The fourth-order valence-electron chi connectivity index (χ4n) is 1.37. The van der Waals surface area contributed by atoms with Gasteiger partial charge in [-0.3, -0.25) is 0 Å². The molecular weight excluding hydrogens is 241 g/mol. The van der Waals surface area contributed by atoms with Crippen LogP contribution in [-0.2, 0) is 4.74 Å². The summed E-state index contributed by atoms with van der Waals surface area (Å²) >= 11 is 2.24. The summed E-state index contributed by atoms with van der Waals surface area (Å²) < 4.78 is 6.15. The Labute approximate surface area is 76.1 Å². The minimum Gasteiger partial charge on any atom is -0.369 e. The summed E-state index contributed by atoms with van der Waals surface area (Å²) in [7, 11) is 2.17. The average Bonchev–Trinajstić information content (AvgIpc) is 2.31. The summed E-state index contributed by atoms with van der Waals surface area (Å²) in [5.41, 5.74) is 0. The Balaban J connectivity index is 2.14. The first-order valence-corrected chi connectivity index (χ1v) is 5.21. The van der Waals surface area contributed by atoms with Gasteiger partial charge in [-0.25, -0.2) is 0 Å². The lowest BCUT2D eigenvalue weighted by Crippen LogP contribution is -2.29. The summed E-state index contributed by atoms with van der Waals surface area (Å²) in [6.45, 7) is 2.16. The van der Waals surface area contributed by atoms with E-state index in [1.165, 1.54) is 19.4 Å². The molecular formula is C7H14INO. The Kier molecular flexibility index (Phi) is 3.95. The van der Waals surface area contributed by atoms with Gasteiger partial charge in [-0.2, -0.15) is 0 Å². The molecule has 0 aliphatic carbocycles. The van der Waals surface area contributed by atoms with E-state index in [4.69, 9.17) is 4.74 Å². The lowest BCUT2D eigenvalue weighted by atomic mass is 10.2. The van der Waals surface area contributed by atoms with Crippen molar-refractivity contribution in [2.75, 3.05) is 24.8 Å². The van der Waals surface area contributed by atoms with Gasteiger partial charge in [0, 0.05) is 6.04 Å². The zero-order valence-electron chi connectivity index (χ0n) is 6.35. The Bertz CT molecular complexity index is 99.6. The minimum absolute atomic E-state index is 0.690. The average molecular weight is 255 g/mol. The van der Waals surface area contributed by atoms with E-state index in [0.717, 1.165) is 11.2 Å². The Morgan fingerprint density at radius 1 is 1.70 bits per heavy atom. The van der Waals surface area contributed by atoms with Gasteiger partial charge in [0.2, 0.25) is 0 Å². The van der Waals surface area contributed by atoms with Crippen molar-refractivity contribution in [1.29, 1.82) is 0 Å². The molecule has 0 amide bonds. The van der Waals surface area contributed by atoms with E-state index in [1.54, 1.807) is 0 Å². The van der Waals surface area contributed by atoms with E-state index < -0.39 is 0 Å². The number of halogens is 1. The number of likely N-dealkylation sites (N-methyl/N-ethyl adjacent to an activating group) is 1. The van der Waals surface area contributed by atoms with Crippen molar-refractivity contribution >= 4 is 22.6 Å². The van der Waals surface area contributed by atoms with Crippen LogP contribution >= 0.6 is 22.6 Å². The van der Waals surface area contributed by atoms with Crippen molar-refractivity contribution in [3.8, 4) is 0 Å². The quantitative estimate of drug-likeness (QED) is 0.559. The Morgan fingerprint density at radius 3 is 3.00 bits per heavy atom. The van der Waals surface area contributed by atoms with E-state index in [-0.39, 0.29) is 0 Å². The van der Waals surface area contributed by atoms with E-state index in [9.17, 15) is 0 Å². The molecule has 1 saturated heterocycles. The van der Waals surface area contributed by atoms with Gasteiger partial charge in [0.25, 0.3) is 0 Å². The van der Waals surface area contributed by atoms with Crippen LogP contribution < -0.4 is 0 Å². The Morgan fingerprint density at radius 2 is 2.50 bits per heavy atom. The highest BCUT2D eigenvalue weighted by molar-refractivity contribution is 14.1. The third kappa shape index (κ3) is 2.36. The Hall–Kier alpha value is 0.650. The normalized spacial score (nSPS) is 27.6. The topological polar surface area (TPSA) is 12.5 Å². The summed E-state index contributed by atoms with van der Waals surface area (Å²) in [6, 6.07) is 0.690. The second-order valence-corrected chi connectivity index (χ2v) is 3.38. The van der Waals surface area contributed by atoms with E-state index in [2.05, 4.69) is 34.5 Å². The molecule has 1 unspecified atom stereocenters. The first-order valence-electron chi connectivity index (χ1n) is 3.68. The molecule has 0 bridgehead atoms. The van der Waals surface area contributed by atoms with Gasteiger partial charge in [0.1, 0.15) is 0 Å². The number of likely N-dealkylation sites (tertiary alicyclic amines) is 1. The maximum atomic E-state index is 5.33. The molecule has 0 spiro atoms. The van der Waals surface area contributed by atoms with Crippen molar-refractivity contribution in [3.63, 3.8) is 0 Å². The molecule has 2 nitrogen and oxygen atoms in total. The molecule has 0 radical (unpaired) electrons. The van der Waals surface area contributed by atoms with Gasteiger partial charge < -0.3 is 9.64 Å². The van der Waals surface area contributed by atoms with Crippen LogP contribution in [0.3, 0.4) is 0 Å². The minimum atomic E-state index is 0.690. The van der Waals surface area contributed by atoms with Crippen LogP contribution in [0.1, 0.15) is 12.8 Å². The van der Waals surface area contributed by atoms with Crippen LogP contribution in [0.2, 0.25) is 0 Å². The molecule has 0 aromatic carbocycles. The number of hydrogen-bond donors (Lipinski definition) is 0. The van der Waals surface area contributed by atoms with E-state index >= 15 is 0 Å². The van der Waals surface area contributed by atoms with Crippen LogP contribution in [0.5, 0.6) is 0 Å². The smallest absolute Gasteiger partial charge is 0.0980 e. The first-order chi connectivity index (χ1) is 4.84. The van der Waals surface area contributed by atoms with Gasteiger partial charge in [0.15, 0.2) is 0 Å². The number of rotatable bonds is 3. The third-order valence-corrected chi connectivity index (χ3v) is 2.50. The summed E-state index contributed by atoms with van der Waals surface area (Å²) in [5, 5.41) is 0. The molecule has 0 aromatic heterocycles. The number of ether oxygens (including phenoxy) is 1. The molecule has 1 heterocycles. The third-order valence-electron chi connectivity index (χ3n) is 2.06. The fourth-order valence-corrected chi connectivity index (χ4v) is 1.62. The molecule has 1 aliphatic rings. The van der Waals surface area contributed by atoms with Gasteiger partial charge in [0.05, 0.1) is 11.2 Å². The molecule has 0 saturated carbocycles. The molecule has 1 aliphatic heterocycles. The van der Waals surface area contributed by atoms with Crippen LogP contribution in [0.15, 0.2) is 0 Å². The van der Waals surface area contributed by atoms with Crippen LogP contribution in [0.4, 0.5) is 0 Å². The predicted molar refractivity (Wildman–Crippen MR) is 50.5 cm³/mol. The summed E-state index contributed by atoms with van der Waals surface area (Å²) in [6.07, 6.45) is 2.65. The first kappa shape index (κ1) is 8.74. The summed E-state index contributed by atoms with van der Waals surface area (Å²) in [5.74, 6) is 0. The number of nitrogens with zero attached hydrogens (tertiary/aromatic N) is 1. The lowest BCUT2D eigenvalue weighted by Gasteiger charge is -2.18. The lowest BCUT2D eigenvalue weighted by molar-refractivity contribution is 0.124. The van der Waals surface area contributed by atoms with Crippen LogP contribution in [-0.4, -0.2) is 35.8 Å². The van der Waals surface area contributed by atoms with Crippen LogP contribution in [0.25, 0.3) is 0 Å². The molecule has 1 atom stereocenters. The summed E-state index contributed by atoms with van der Waals surface area (Å²) in [4.78, 5) is 2.38. The van der Waals surface area contributed by atoms with Gasteiger partial charge >= 0.3 is 0 Å². The SMILES string of the molecule is CN1CCCC1COCI. The van der Waals surface area contributed by atoms with Crippen molar-refractivity contribution in [3.05, 3.63) is 0 Å². The molecule has 3 heteroatoms. The maximum absolute atomic E-state index is 5.33. The predicted octanol–water partition coefficient (Wildman–Crippen LogP) is 1.49. The van der Waals surface area contributed by atoms with Crippen molar-refractivity contribution in [2.24, 2.45) is 0 Å². The standard InChI is InChI=1S/C7H14INO/c1-9-4-2-3-7(9)5-10-6-8/h7H,2-6H2,1H3. The highest BCUT2D eigenvalue weighted by Gasteiger charge is 2.20. The molecule has 10 heavy (non-hydrogen) atoms. The number of hydrogen-bond acceptors (Lipinski definition) is 2. The van der Waals surface area contributed by atoms with Crippen molar-refractivity contribution < 1.29 is 4.74 Å². The highest BCUT2D eigenvalue weighted by Crippen LogP contribution is 2.14. The van der Waals surface area contributed by atoms with E-state index in [1.807, 2.05) is 0 Å². The molecule has 1 fully saturated rings. The van der Waals surface area contributed by atoms with E-state index in [0.29, 0.717) is 6.04 Å².